The number of hydrogen-bond donors (Lipinski definition) is 1. The number of aliphatic imine (C=N–C) groups is 1. The highest BCUT2D eigenvalue weighted by Crippen LogP contribution is 2.33. The molecule has 0 fully saturated rings. The maximum Gasteiger partial charge on any atom is 0.0594 e. The number of hydrogen-bond acceptors (Lipinski definition) is 2. The number of allylic oxidation sites excluding steroid dienone is 1. The second kappa shape index (κ2) is 6.48. The molecule has 0 atom stereocenters. The SMILES string of the molecule is NC1=CCN=C1.c1ccc2c(c1)ccc1c3c(ccc12)CCCC3. The number of aryl methyl sites for hydroxylation is 2. The molecule has 0 bridgehead atoms. The maximum atomic E-state index is 5.25. The van der Waals surface area contributed by atoms with E-state index in [-0.39, 0.29) is 0 Å². The third kappa shape index (κ3) is 2.80. The number of fused-ring (bicyclic) bond motifs is 5. The molecule has 120 valence electrons. The third-order valence-corrected chi connectivity index (χ3v) is 4.93. The van der Waals surface area contributed by atoms with Crippen LogP contribution in [0.2, 0.25) is 0 Å². The van der Waals surface area contributed by atoms with Crippen LogP contribution in [0, 0.1) is 0 Å². The van der Waals surface area contributed by atoms with E-state index in [1.54, 1.807) is 17.3 Å². The summed E-state index contributed by atoms with van der Waals surface area (Å²) in [6.07, 6.45) is 8.76. The molecule has 2 N–H and O–H groups in total. The van der Waals surface area contributed by atoms with E-state index >= 15 is 0 Å². The second-order valence-electron chi connectivity index (χ2n) is 6.49. The van der Waals surface area contributed by atoms with E-state index in [4.69, 9.17) is 5.73 Å². The van der Waals surface area contributed by atoms with E-state index in [0.29, 0.717) is 0 Å². The summed E-state index contributed by atoms with van der Waals surface area (Å²) in [6.45, 7) is 0.770. The zero-order valence-electron chi connectivity index (χ0n) is 13.8. The molecular formula is C22H22N2. The van der Waals surface area contributed by atoms with E-state index in [1.165, 1.54) is 47.2 Å². The van der Waals surface area contributed by atoms with Crippen LogP contribution < -0.4 is 5.73 Å². The molecule has 0 saturated heterocycles. The van der Waals surface area contributed by atoms with Crippen LogP contribution >= 0.6 is 0 Å². The van der Waals surface area contributed by atoms with Crippen LogP contribution in [0.4, 0.5) is 0 Å². The van der Waals surface area contributed by atoms with Crippen molar-refractivity contribution in [3.05, 3.63) is 71.4 Å². The molecule has 2 heteroatoms. The Labute approximate surface area is 142 Å². The summed E-state index contributed by atoms with van der Waals surface area (Å²) in [4.78, 5) is 3.82. The van der Waals surface area contributed by atoms with Crippen molar-refractivity contribution in [2.45, 2.75) is 25.7 Å². The second-order valence-corrected chi connectivity index (χ2v) is 6.49. The molecule has 5 rings (SSSR count). The molecule has 1 heterocycles. The van der Waals surface area contributed by atoms with Crippen LogP contribution in [0.25, 0.3) is 21.5 Å². The summed E-state index contributed by atoms with van der Waals surface area (Å²) in [6, 6.07) is 18.0. The van der Waals surface area contributed by atoms with Crippen molar-refractivity contribution in [3.63, 3.8) is 0 Å². The summed E-state index contributed by atoms with van der Waals surface area (Å²) in [5.74, 6) is 0. The van der Waals surface area contributed by atoms with Crippen molar-refractivity contribution in [2.24, 2.45) is 10.7 Å². The average Bonchev–Trinajstić information content (AvgIpc) is 3.12. The van der Waals surface area contributed by atoms with Crippen molar-refractivity contribution in [2.75, 3.05) is 6.54 Å². The highest BCUT2D eigenvalue weighted by molar-refractivity contribution is 6.08. The lowest BCUT2D eigenvalue weighted by Gasteiger charge is -2.18. The van der Waals surface area contributed by atoms with Crippen LogP contribution in [0.15, 0.2) is 65.3 Å². The van der Waals surface area contributed by atoms with Gasteiger partial charge in [-0.3, -0.25) is 4.99 Å². The Balaban J connectivity index is 0.000000207. The molecule has 0 amide bonds. The number of benzene rings is 3. The van der Waals surface area contributed by atoms with Gasteiger partial charge in [-0.1, -0.05) is 48.5 Å². The predicted octanol–water partition coefficient (Wildman–Crippen LogP) is 4.79. The monoisotopic (exact) mass is 314 g/mol. The zero-order valence-corrected chi connectivity index (χ0v) is 13.8. The van der Waals surface area contributed by atoms with Crippen molar-refractivity contribution in [1.82, 2.24) is 0 Å². The minimum Gasteiger partial charge on any atom is -0.398 e. The lowest BCUT2D eigenvalue weighted by molar-refractivity contribution is 0.690. The molecule has 0 aromatic heterocycles. The van der Waals surface area contributed by atoms with Gasteiger partial charge < -0.3 is 5.73 Å². The highest BCUT2D eigenvalue weighted by Gasteiger charge is 2.13. The van der Waals surface area contributed by atoms with Crippen LogP contribution in [-0.4, -0.2) is 12.8 Å². The lowest BCUT2D eigenvalue weighted by atomic mass is 9.86. The molecular weight excluding hydrogens is 292 g/mol. The van der Waals surface area contributed by atoms with Gasteiger partial charge in [0.25, 0.3) is 0 Å². The largest absolute Gasteiger partial charge is 0.398 e. The molecule has 24 heavy (non-hydrogen) atoms. The molecule has 0 radical (unpaired) electrons. The molecule has 0 saturated carbocycles. The molecule has 2 nitrogen and oxygen atoms in total. The Kier molecular flexibility index (Phi) is 4.04. The summed E-state index contributed by atoms with van der Waals surface area (Å²) >= 11 is 0. The van der Waals surface area contributed by atoms with Gasteiger partial charge in [-0.25, -0.2) is 0 Å². The Morgan fingerprint density at radius 1 is 0.792 bits per heavy atom. The first-order chi connectivity index (χ1) is 11.8. The average molecular weight is 314 g/mol. The molecule has 0 spiro atoms. The molecule has 3 aromatic rings. The van der Waals surface area contributed by atoms with Gasteiger partial charge in [0.2, 0.25) is 0 Å². The first kappa shape index (κ1) is 14.9. The van der Waals surface area contributed by atoms with E-state index in [9.17, 15) is 0 Å². The van der Waals surface area contributed by atoms with Gasteiger partial charge in [0, 0.05) is 11.9 Å². The predicted molar refractivity (Wildman–Crippen MR) is 104 cm³/mol. The standard InChI is InChI=1S/C18H16.C4H6N2/c1-3-7-15-13(5-1)9-11-18-16-8-4-2-6-14(16)10-12-17(15)18;5-4-1-2-6-3-4/h1,3,5,7,9-12H,2,4,6,8H2;1,3H,2,5H2. The van der Waals surface area contributed by atoms with E-state index in [2.05, 4.69) is 53.5 Å². The first-order valence-electron chi connectivity index (χ1n) is 8.70. The van der Waals surface area contributed by atoms with Gasteiger partial charge >= 0.3 is 0 Å². The summed E-state index contributed by atoms with van der Waals surface area (Å²) in [5, 5.41) is 5.64. The quantitative estimate of drug-likeness (QED) is 0.596. The molecule has 3 aromatic carbocycles. The van der Waals surface area contributed by atoms with Gasteiger partial charge in [-0.05, 0) is 64.4 Å². The Morgan fingerprint density at radius 3 is 2.42 bits per heavy atom. The van der Waals surface area contributed by atoms with Gasteiger partial charge in [0.05, 0.1) is 6.54 Å². The van der Waals surface area contributed by atoms with Crippen LogP contribution in [0.3, 0.4) is 0 Å². The lowest BCUT2D eigenvalue weighted by Crippen LogP contribution is -2.02. The smallest absolute Gasteiger partial charge is 0.0594 e. The molecule has 1 aliphatic heterocycles. The van der Waals surface area contributed by atoms with Crippen LogP contribution in [0.5, 0.6) is 0 Å². The summed E-state index contributed by atoms with van der Waals surface area (Å²) < 4.78 is 0. The van der Waals surface area contributed by atoms with Gasteiger partial charge in [-0.15, -0.1) is 0 Å². The van der Waals surface area contributed by atoms with Crippen molar-refractivity contribution in [1.29, 1.82) is 0 Å². The summed E-state index contributed by atoms with van der Waals surface area (Å²) in [7, 11) is 0. The van der Waals surface area contributed by atoms with Crippen molar-refractivity contribution >= 4 is 27.8 Å². The van der Waals surface area contributed by atoms with E-state index in [1.807, 2.05) is 6.08 Å². The fraction of sp³-hybridized carbons (Fsp3) is 0.227. The van der Waals surface area contributed by atoms with E-state index in [0.717, 1.165) is 12.2 Å². The zero-order chi connectivity index (χ0) is 16.4. The number of rotatable bonds is 0. The van der Waals surface area contributed by atoms with Crippen LogP contribution in [-0.2, 0) is 12.8 Å². The van der Waals surface area contributed by atoms with Gasteiger partial charge in [0.1, 0.15) is 0 Å². The van der Waals surface area contributed by atoms with Gasteiger partial charge in [0.15, 0.2) is 0 Å². The van der Waals surface area contributed by atoms with E-state index < -0.39 is 0 Å². The normalized spacial score (nSPS) is 15.8. The minimum absolute atomic E-state index is 0.770. The Bertz CT molecular complexity index is 948. The fourth-order valence-corrected chi connectivity index (χ4v) is 3.71. The molecule has 0 unspecified atom stereocenters. The first-order valence-corrected chi connectivity index (χ1v) is 8.70. The van der Waals surface area contributed by atoms with Gasteiger partial charge in [-0.2, -0.15) is 0 Å². The Morgan fingerprint density at radius 2 is 1.62 bits per heavy atom. The Hall–Kier alpha value is -2.61. The van der Waals surface area contributed by atoms with Crippen molar-refractivity contribution in [3.8, 4) is 0 Å². The number of nitrogens with two attached hydrogens (primary N) is 1. The highest BCUT2D eigenvalue weighted by atomic mass is 14.8. The molecule has 1 aliphatic carbocycles. The fourth-order valence-electron chi connectivity index (χ4n) is 3.71. The maximum absolute atomic E-state index is 5.25. The third-order valence-electron chi connectivity index (χ3n) is 4.93. The van der Waals surface area contributed by atoms with Crippen molar-refractivity contribution < 1.29 is 0 Å². The minimum atomic E-state index is 0.770. The summed E-state index contributed by atoms with van der Waals surface area (Å²) in [5.41, 5.74) is 9.21. The van der Waals surface area contributed by atoms with Crippen LogP contribution in [0.1, 0.15) is 24.0 Å². The topological polar surface area (TPSA) is 38.4 Å². The number of nitrogens with zero attached hydrogens (tertiary/aromatic N) is 1. The molecule has 2 aliphatic rings.